The summed E-state index contributed by atoms with van der Waals surface area (Å²) in [6, 6.07) is 6.91. The summed E-state index contributed by atoms with van der Waals surface area (Å²) in [6.45, 7) is 2.00. The van der Waals surface area contributed by atoms with Crippen LogP contribution in [0.15, 0.2) is 18.2 Å². The van der Waals surface area contributed by atoms with Gasteiger partial charge in [-0.15, -0.1) is 0 Å². The van der Waals surface area contributed by atoms with Crippen molar-refractivity contribution < 1.29 is 9.53 Å². The Morgan fingerprint density at radius 1 is 1.50 bits per heavy atom. The molecule has 3 rings (SSSR count). The minimum absolute atomic E-state index is 0.129. The largest absolute Gasteiger partial charge is 0.493 e. The smallest absolute Gasteiger partial charge is 0.234 e. The predicted octanol–water partition coefficient (Wildman–Crippen LogP) is 1.72. The van der Waals surface area contributed by atoms with Crippen LogP contribution in [0.2, 0.25) is 0 Å². The van der Waals surface area contributed by atoms with Crippen molar-refractivity contribution >= 4 is 17.7 Å². The van der Waals surface area contributed by atoms with E-state index in [4.69, 9.17) is 4.74 Å². The average molecular weight is 320 g/mol. The molecule has 22 heavy (non-hydrogen) atoms. The van der Waals surface area contributed by atoms with E-state index in [0.717, 1.165) is 31.0 Å². The first-order valence-corrected chi connectivity index (χ1v) is 9.17. The van der Waals surface area contributed by atoms with Gasteiger partial charge in [0.05, 0.1) is 13.2 Å². The van der Waals surface area contributed by atoms with Crippen LogP contribution in [0.5, 0.6) is 5.75 Å². The summed E-state index contributed by atoms with van der Waals surface area (Å²) in [5.74, 6) is 3.52. The standard InChI is InChI=1S/C17H24N2O2S/c1-19(15-6-9-22-12-15)11-17(20)18-7-4-13-2-3-16-14(10-13)5-8-21-16/h2-3,10,15H,4-9,11-12H2,1H3,(H,18,20). The van der Waals surface area contributed by atoms with Crippen molar-refractivity contribution in [2.24, 2.45) is 0 Å². The zero-order valence-corrected chi connectivity index (χ0v) is 14.0. The van der Waals surface area contributed by atoms with Gasteiger partial charge in [0.2, 0.25) is 5.91 Å². The normalized spacial score (nSPS) is 20.0. The highest BCUT2D eigenvalue weighted by Gasteiger charge is 2.21. The Balaban J connectivity index is 1.40. The van der Waals surface area contributed by atoms with Gasteiger partial charge in [0.15, 0.2) is 0 Å². The molecule has 0 bridgehead atoms. The van der Waals surface area contributed by atoms with Gasteiger partial charge in [0.25, 0.3) is 0 Å². The van der Waals surface area contributed by atoms with Crippen molar-refractivity contribution in [1.29, 1.82) is 0 Å². The number of likely N-dealkylation sites (N-methyl/N-ethyl adjacent to an activating group) is 1. The highest BCUT2D eigenvalue weighted by Crippen LogP contribution is 2.25. The fraction of sp³-hybridized carbons (Fsp3) is 0.588. The molecule has 0 radical (unpaired) electrons. The molecule has 1 unspecified atom stereocenters. The van der Waals surface area contributed by atoms with E-state index in [0.29, 0.717) is 19.1 Å². The number of fused-ring (bicyclic) bond motifs is 1. The number of carbonyl (C=O) groups is 1. The first kappa shape index (κ1) is 15.7. The predicted molar refractivity (Wildman–Crippen MR) is 90.7 cm³/mol. The fourth-order valence-corrected chi connectivity index (χ4v) is 4.32. The Morgan fingerprint density at radius 3 is 3.23 bits per heavy atom. The van der Waals surface area contributed by atoms with Crippen molar-refractivity contribution in [3.63, 3.8) is 0 Å². The Labute approximate surface area is 136 Å². The lowest BCUT2D eigenvalue weighted by atomic mass is 10.1. The maximum Gasteiger partial charge on any atom is 0.234 e. The summed E-state index contributed by atoms with van der Waals surface area (Å²) in [5.41, 5.74) is 2.56. The van der Waals surface area contributed by atoms with E-state index in [9.17, 15) is 4.79 Å². The van der Waals surface area contributed by atoms with Gasteiger partial charge in [-0.25, -0.2) is 0 Å². The molecule has 1 saturated heterocycles. The van der Waals surface area contributed by atoms with E-state index >= 15 is 0 Å². The molecule has 0 saturated carbocycles. The lowest BCUT2D eigenvalue weighted by Crippen LogP contribution is -2.41. The number of nitrogens with zero attached hydrogens (tertiary/aromatic N) is 1. The number of amides is 1. The molecule has 4 nitrogen and oxygen atoms in total. The van der Waals surface area contributed by atoms with Gasteiger partial charge in [-0.2, -0.15) is 11.8 Å². The second-order valence-electron chi connectivity index (χ2n) is 6.07. The SMILES string of the molecule is CN(CC(=O)NCCc1ccc2c(c1)CCO2)C1CCSC1. The first-order valence-electron chi connectivity index (χ1n) is 8.01. The molecule has 5 heteroatoms. The van der Waals surface area contributed by atoms with Crippen molar-refractivity contribution in [1.82, 2.24) is 10.2 Å². The summed E-state index contributed by atoms with van der Waals surface area (Å²) in [5, 5.41) is 3.03. The Kier molecular flexibility index (Phi) is 5.26. The van der Waals surface area contributed by atoms with Gasteiger partial charge in [-0.05, 0) is 42.8 Å². The van der Waals surface area contributed by atoms with Crippen LogP contribution in [0.25, 0.3) is 0 Å². The minimum Gasteiger partial charge on any atom is -0.493 e. The summed E-state index contributed by atoms with van der Waals surface area (Å²) >= 11 is 1.98. The number of rotatable bonds is 6. The lowest BCUT2D eigenvalue weighted by molar-refractivity contribution is -0.122. The van der Waals surface area contributed by atoms with E-state index < -0.39 is 0 Å². The summed E-state index contributed by atoms with van der Waals surface area (Å²) in [4.78, 5) is 14.2. The summed E-state index contributed by atoms with van der Waals surface area (Å²) in [7, 11) is 2.05. The zero-order valence-electron chi connectivity index (χ0n) is 13.1. The molecule has 2 heterocycles. The van der Waals surface area contributed by atoms with Gasteiger partial charge in [0.1, 0.15) is 5.75 Å². The number of carbonyl (C=O) groups excluding carboxylic acids is 1. The molecular weight excluding hydrogens is 296 g/mol. The molecular formula is C17H24N2O2S. The van der Waals surface area contributed by atoms with Crippen molar-refractivity contribution in [3.8, 4) is 5.75 Å². The Morgan fingerprint density at radius 2 is 2.41 bits per heavy atom. The van der Waals surface area contributed by atoms with Crippen LogP contribution < -0.4 is 10.1 Å². The van der Waals surface area contributed by atoms with Crippen LogP contribution in [0, 0.1) is 0 Å². The van der Waals surface area contributed by atoms with Gasteiger partial charge < -0.3 is 10.1 Å². The lowest BCUT2D eigenvalue weighted by Gasteiger charge is -2.22. The molecule has 0 aliphatic carbocycles. The highest BCUT2D eigenvalue weighted by molar-refractivity contribution is 7.99. The molecule has 1 amide bonds. The number of hydrogen-bond acceptors (Lipinski definition) is 4. The maximum absolute atomic E-state index is 12.0. The van der Waals surface area contributed by atoms with Crippen LogP contribution >= 0.6 is 11.8 Å². The van der Waals surface area contributed by atoms with Crippen LogP contribution in [0.3, 0.4) is 0 Å². The molecule has 1 aromatic rings. The van der Waals surface area contributed by atoms with Crippen LogP contribution in [-0.4, -0.2) is 55.1 Å². The number of ether oxygens (including phenoxy) is 1. The van der Waals surface area contributed by atoms with Gasteiger partial charge in [0, 0.05) is 24.8 Å². The summed E-state index contributed by atoms with van der Waals surface area (Å²) in [6.07, 6.45) is 3.08. The highest BCUT2D eigenvalue weighted by atomic mass is 32.2. The van der Waals surface area contributed by atoms with E-state index in [-0.39, 0.29) is 5.91 Å². The number of benzene rings is 1. The van der Waals surface area contributed by atoms with E-state index in [2.05, 4.69) is 29.4 Å². The molecule has 120 valence electrons. The van der Waals surface area contributed by atoms with Gasteiger partial charge in [-0.3, -0.25) is 9.69 Å². The van der Waals surface area contributed by atoms with Gasteiger partial charge in [-0.1, -0.05) is 12.1 Å². The summed E-state index contributed by atoms with van der Waals surface area (Å²) < 4.78 is 5.51. The zero-order chi connectivity index (χ0) is 15.4. The molecule has 0 spiro atoms. The number of thioether (sulfide) groups is 1. The van der Waals surface area contributed by atoms with E-state index in [1.165, 1.54) is 23.3 Å². The van der Waals surface area contributed by atoms with Crippen LogP contribution in [0.4, 0.5) is 0 Å². The second-order valence-corrected chi connectivity index (χ2v) is 7.22. The molecule has 1 atom stereocenters. The Hall–Kier alpha value is -1.20. The molecule has 1 N–H and O–H groups in total. The van der Waals surface area contributed by atoms with Crippen molar-refractivity contribution in [3.05, 3.63) is 29.3 Å². The molecule has 0 aromatic heterocycles. The van der Waals surface area contributed by atoms with Crippen LogP contribution in [0.1, 0.15) is 17.5 Å². The monoisotopic (exact) mass is 320 g/mol. The van der Waals surface area contributed by atoms with Gasteiger partial charge >= 0.3 is 0 Å². The molecule has 1 fully saturated rings. The third-order valence-electron chi connectivity index (χ3n) is 4.41. The first-order chi connectivity index (χ1) is 10.7. The second kappa shape index (κ2) is 7.38. The van der Waals surface area contributed by atoms with Crippen molar-refractivity contribution in [2.45, 2.75) is 25.3 Å². The molecule has 1 aromatic carbocycles. The topological polar surface area (TPSA) is 41.6 Å². The molecule has 2 aliphatic heterocycles. The third-order valence-corrected chi connectivity index (χ3v) is 5.56. The fourth-order valence-electron chi connectivity index (χ4n) is 3.02. The maximum atomic E-state index is 12.0. The molecule has 2 aliphatic rings. The van der Waals surface area contributed by atoms with Crippen LogP contribution in [-0.2, 0) is 17.6 Å². The average Bonchev–Trinajstić information content (AvgIpc) is 3.18. The number of nitrogens with one attached hydrogen (secondary N) is 1. The third kappa shape index (κ3) is 3.96. The Bertz CT molecular complexity index is 529. The van der Waals surface area contributed by atoms with E-state index in [1.54, 1.807) is 0 Å². The van der Waals surface area contributed by atoms with Crippen molar-refractivity contribution in [2.75, 3.05) is 38.2 Å². The van der Waals surface area contributed by atoms with E-state index in [1.807, 2.05) is 17.8 Å². The number of hydrogen-bond donors (Lipinski definition) is 1. The quantitative estimate of drug-likeness (QED) is 0.866. The minimum atomic E-state index is 0.129.